The molecule has 0 aromatic heterocycles. The Kier molecular flexibility index (Phi) is 7.53. The first-order valence-corrected chi connectivity index (χ1v) is 19.2. The average Bonchev–Trinajstić information content (AvgIpc) is 3.27. The standard InChI is InChI=1S/C54H35NO/c1-3-10-41-32-44(20-18-36(41)8-1)38-22-27-47(28-23-38)55(48-29-24-39(25-30-48)45-21-19-37-9-2-4-11-42(37)33-45)49-15-5-14-43(34-49)46-26-31-52-51(35-46)50-16-6-12-40-13-7-17-53(56-52)54(40)50/h1-35H. The van der Waals surface area contributed by atoms with Crippen molar-refractivity contribution in [2.45, 2.75) is 0 Å². The molecule has 0 aliphatic carbocycles. The molecule has 2 nitrogen and oxygen atoms in total. The van der Waals surface area contributed by atoms with Gasteiger partial charge in [0.25, 0.3) is 0 Å². The van der Waals surface area contributed by atoms with E-state index in [-0.39, 0.29) is 0 Å². The Morgan fingerprint density at radius 1 is 0.268 bits per heavy atom. The maximum Gasteiger partial charge on any atom is 0.135 e. The summed E-state index contributed by atoms with van der Waals surface area (Å²) in [6.45, 7) is 0. The van der Waals surface area contributed by atoms with Gasteiger partial charge in [-0.1, -0.05) is 146 Å². The summed E-state index contributed by atoms with van der Waals surface area (Å²) in [5.74, 6) is 1.80. The first kappa shape index (κ1) is 32.0. The highest BCUT2D eigenvalue weighted by molar-refractivity contribution is 6.04. The predicted molar refractivity (Wildman–Crippen MR) is 235 cm³/mol. The van der Waals surface area contributed by atoms with Crippen LogP contribution in [0.5, 0.6) is 11.5 Å². The van der Waals surface area contributed by atoms with Crippen LogP contribution in [0.3, 0.4) is 0 Å². The summed E-state index contributed by atoms with van der Waals surface area (Å²) in [6, 6.07) is 76.6. The van der Waals surface area contributed by atoms with E-state index >= 15 is 0 Å². The van der Waals surface area contributed by atoms with Crippen molar-refractivity contribution < 1.29 is 4.74 Å². The van der Waals surface area contributed by atoms with Crippen LogP contribution in [0.25, 0.3) is 76.8 Å². The Morgan fingerprint density at radius 3 is 1.41 bits per heavy atom. The number of hydrogen-bond donors (Lipinski definition) is 0. The largest absolute Gasteiger partial charge is 0.456 e. The van der Waals surface area contributed by atoms with Gasteiger partial charge in [-0.15, -0.1) is 0 Å². The third-order valence-electron chi connectivity index (χ3n) is 11.2. The molecule has 0 amide bonds. The fourth-order valence-corrected chi connectivity index (χ4v) is 8.36. The van der Waals surface area contributed by atoms with Gasteiger partial charge >= 0.3 is 0 Å². The van der Waals surface area contributed by atoms with Crippen LogP contribution >= 0.6 is 0 Å². The van der Waals surface area contributed by atoms with Crippen molar-refractivity contribution in [1.82, 2.24) is 0 Å². The molecule has 0 bridgehead atoms. The number of benzene rings is 10. The summed E-state index contributed by atoms with van der Waals surface area (Å²) in [5.41, 5.74) is 12.7. The molecule has 2 heteroatoms. The van der Waals surface area contributed by atoms with Crippen LogP contribution in [0.4, 0.5) is 17.1 Å². The highest BCUT2D eigenvalue weighted by Gasteiger charge is 2.21. The normalized spacial score (nSPS) is 11.7. The van der Waals surface area contributed by atoms with Gasteiger partial charge in [0.05, 0.1) is 0 Å². The Morgan fingerprint density at radius 2 is 0.768 bits per heavy atom. The minimum absolute atomic E-state index is 0.885. The zero-order chi connectivity index (χ0) is 37.0. The summed E-state index contributed by atoms with van der Waals surface area (Å²) in [4.78, 5) is 2.36. The molecule has 0 radical (unpaired) electrons. The zero-order valence-corrected chi connectivity index (χ0v) is 30.6. The molecular formula is C54H35NO. The minimum Gasteiger partial charge on any atom is -0.456 e. The number of fused-ring (bicyclic) bond motifs is 4. The summed E-state index contributed by atoms with van der Waals surface area (Å²) in [6.07, 6.45) is 0. The fraction of sp³-hybridized carbons (Fsp3) is 0. The van der Waals surface area contributed by atoms with Crippen LogP contribution in [0.15, 0.2) is 212 Å². The van der Waals surface area contributed by atoms with Crippen LogP contribution in [0.2, 0.25) is 0 Å². The lowest BCUT2D eigenvalue weighted by Gasteiger charge is -2.27. The van der Waals surface area contributed by atoms with Gasteiger partial charge in [0.1, 0.15) is 11.5 Å². The van der Waals surface area contributed by atoms with Gasteiger partial charge in [-0.3, -0.25) is 0 Å². The number of rotatable bonds is 6. The summed E-state index contributed by atoms with van der Waals surface area (Å²) in [7, 11) is 0. The molecule has 0 fully saturated rings. The number of hydrogen-bond acceptors (Lipinski definition) is 2. The van der Waals surface area contributed by atoms with E-state index in [2.05, 4.69) is 217 Å². The molecule has 10 aromatic carbocycles. The lowest BCUT2D eigenvalue weighted by molar-refractivity contribution is 0.487. The second kappa shape index (κ2) is 13.2. The van der Waals surface area contributed by atoms with E-state index < -0.39 is 0 Å². The fourth-order valence-electron chi connectivity index (χ4n) is 8.36. The van der Waals surface area contributed by atoms with Gasteiger partial charge < -0.3 is 9.64 Å². The monoisotopic (exact) mass is 713 g/mol. The van der Waals surface area contributed by atoms with Crippen LogP contribution < -0.4 is 9.64 Å². The quantitative estimate of drug-likeness (QED) is 0.170. The van der Waals surface area contributed by atoms with Gasteiger partial charge in [0, 0.05) is 28.0 Å². The maximum absolute atomic E-state index is 6.44. The number of nitrogens with zero attached hydrogens (tertiary/aromatic N) is 1. The molecule has 1 aliphatic rings. The van der Waals surface area contributed by atoms with Crippen molar-refractivity contribution >= 4 is 49.4 Å². The van der Waals surface area contributed by atoms with Crippen LogP contribution in [0, 0.1) is 0 Å². The van der Waals surface area contributed by atoms with E-state index in [1.54, 1.807) is 0 Å². The van der Waals surface area contributed by atoms with E-state index in [1.165, 1.54) is 60.1 Å². The highest BCUT2D eigenvalue weighted by atomic mass is 16.5. The van der Waals surface area contributed by atoms with E-state index in [9.17, 15) is 0 Å². The third kappa shape index (κ3) is 5.59. The van der Waals surface area contributed by atoms with Crippen molar-refractivity contribution in [3.63, 3.8) is 0 Å². The van der Waals surface area contributed by atoms with E-state index in [4.69, 9.17) is 4.74 Å². The Balaban J connectivity index is 0.995. The summed E-state index contributed by atoms with van der Waals surface area (Å²) in [5, 5.41) is 7.34. The molecule has 0 saturated heterocycles. The topological polar surface area (TPSA) is 12.5 Å². The molecule has 1 aliphatic heterocycles. The average molecular weight is 714 g/mol. The van der Waals surface area contributed by atoms with Crippen LogP contribution in [0.1, 0.15) is 0 Å². The number of anilines is 3. The van der Waals surface area contributed by atoms with Gasteiger partial charge in [-0.2, -0.15) is 0 Å². The summed E-state index contributed by atoms with van der Waals surface area (Å²) < 4.78 is 6.44. The van der Waals surface area contributed by atoms with E-state index in [0.717, 1.165) is 45.3 Å². The molecule has 0 unspecified atom stereocenters. The van der Waals surface area contributed by atoms with Gasteiger partial charge in [-0.25, -0.2) is 0 Å². The molecule has 0 saturated carbocycles. The van der Waals surface area contributed by atoms with Crippen molar-refractivity contribution in [1.29, 1.82) is 0 Å². The molecule has 0 N–H and O–H groups in total. The first-order valence-electron chi connectivity index (χ1n) is 19.2. The minimum atomic E-state index is 0.885. The molecule has 56 heavy (non-hydrogen) atoms. The van der Waals surface area contributed by atoms with Crippen LogP contribution in [-0.2, 0) is 0 Å². The molecular weight excluding hydrogens is 679 g/mol. The van der Waals surface area contributed by atoms with Crippen LogP contribution in [-0.4, -0.2) is 0 Å². The van der Waals surface area contributed by atoms with Gasteiger partial charge in [0.15, 0.2) is 0 Å². The van der Waals surface area contributed by atoms with E-state index in [1.807, 2.05) is 0 Å². The smallest absolute Gasteiger partial charge is 0.135 e. The second-order valence-corrected chi connectivity index (χ2v) is 14.6. The molecule has 11 rings (SSSR count). The highest BCUT2D eigenvalue weighted by Crippen LogP contribution is 2.48. The van der Waals surface area contributed by atoms with Gasteiger partial charge in [0.2, 0.25) is 0 Å². The zero-order valence-electron chi connectivity index (χ0n) is 30.6. The molecule has 0 spiro atoms. The second-order valence-electron chi connectivity index (χ2n) is 14.6. The molecule has 10 aromatic rings. The van der Waals surface area contributed by atoms with Crippen molar-refractivity contribution in [2.24, 2.45) is 0 Å². The molecule has 0 atom stereocenters. The van der Waals surface area contributed by atoms with Crippen molar-refractivity contribution in [3.05, 3.63) is 212 Å². The SMILES string of the molecule is c1cc(-c2ccc3c(c2)-c2cccc4cccc(c24)O3)cc(N(c2ccc(-c3ccc4ccccc4c3)cc2)c2ccc(-c3ccc4ccccc4c3)cc2)c1. The summed E-state index contributed by atoms with van der Waals surface area (Å²) >= 11 is 0. The Labute approximate surface area is 326 Å². The Bertz CT molecular complexity index is 2980. The lowest BCUT2D eigenvalue weighted by Crippen LogP contribution is -2.10. The maximum atomic E-state index is 6.44. The molecule has 262 valence electrons. The number of ether oxygens (including phenoxy) is 1. The first-order chi connectivity index (χ1) is 27.7. The van der Waals surface area contributed by atoms with Crippen molar-refractivity contribution in [2.75, 3.05) is 4.90 Å². The Hall–Kier alpha value is -7.42. The van der Waals surface area contributed by atoms with E-state index in [0.29, 0.717) is 0 Å². The van der Waals surface area contributed by atoms with Crippen molar-refractivity contribution in [3.8, 4) is 56.0 Å². The predicted octanol–water partition coefficient (Wildman–Crippen LogP) is 15.4. The molecule has 1 heterocycles. The third-order valence-corrected chi connectivity index (χ3v) is 11.2. The van der Waals surface area contributed by atoms with Gasteiger partial charge in [-0.05, 0) is 133 Å². The lowest BCUT2D eigenvalue weighted by atomic mass is 9.92.